The van der Waals surface area contributed by atoms with E-state index in [1.165, 1.54) is 9.80 Å². The van der Waals surface area contributed by atoms with E-state index in [2.05, 4.69) is 0 Å². The van der Waals surface area contributed by atoms with E-state index in [1.54, 1.807) is 36.4 Å². The molecule has 8 heteroatoms. The molecule has 1 aliphatic carbocycles. The standard InChI is InChI=1S/C26H25ClN2O5/c1-15-9-10-17(13-22(15)27)28-14-16(11-23(28)30)26(33)34-19-6-4-5-18(12-19)29-24(31)20-7-2-3-8-21(20)25(29)32/h4-6,9-10,12-13,16,20-21H,2-3,7-8,11,14H2,1H3/t16-,20-,21+/m0/s1. The van der Waals surface area contributed by atoms with Gasteiger partial charge in [0.05, 0.1) is 23.4 Å². The van der Waals surface area contributed by atoms with Crippen molar-refractivity contribution in [2.75, 3.05) is 16.3 Å². The summed E-state index contributed by atoms with van der Waals surface area (Å²) in [6.07, 6.45) is 3.42. The first-order chi connectivity index (χ1) is 16.3. The summed E-state index contributed by atoms with van der Waals surface area (Å²) >= 11 is 6.19. The van der Waals surface area contributed by atoms with Crippen LogP contribution in [0.4, 0.5) is 11.4 Å². The minimum atomic E-state index is -0.630. The number of carbonyl (C=O) groups excluding carboxylic acids is 4. The first kappa shape index (κ1) is 22.6. The molecule has 2 heterocycles. The fourth-order valence-corrected chi connectivity index (χ4v) is 5.34. The van der Waals surface area contributed by atoms with Crippen LogP contribution in [0.25, 0.3) is 0 Å². The number of hydrogen-bond donors (Lipinski definition) is 0. The molecule has 0 spiro atoms. The lowest BCUT2D eigenvalue weighted by atomic mass is 9.81. The van der Waals surface area contributed by atoms with Gasteiger partial charge in [0.2, 0.25) is 17.7 Å². The largest absolute Gasteiger partial charge is 0.426 e. The first-order valence-corrected chi connectivity index (χ1v) is 12.0. The molecule has 34 heavy (non-hydrogen) atoms. The van der Waals surface area contributed by atoms with Gasteiger partial charge in [0.25, 0.3) is 0 Å². The Bertz CT molecular complexity index is 1170. The summed E-state index contributed by atoms with van der Waals surface area (Å²) in [5.74, 6) is -1.95. The molecule has 176 valence electrons. The van der Waals surface area contributed by atoms with Crippen LogP contribution in [0.15, 0.2) is 42.5 Å². The van der Waals surface area contributed by atoms with Gasteiger partial charge in [-0.15, -0.1) is 0 Å². The van der Waals surface area contributed by atoms with Crippen LogP contribution in [-0.4, -0.2) is 30.2 Å². The van der Waals surface area contributed by atoms with Crippen molar-refractivity contribution in [3.63, 3.8) is 0 Å². The molecular formula is C26H25ClN2O5. The van der Waals surface area contributed by atoms with Crippen molar-refractivity contribution < 1.29 is 23.9 Å². The summed E-state index contributed by atoms with van der Waals surface area (Å²) < 4.78 is 5.57. The number of anilines is 2. The molecule has 0 aromatic heterocycles. The van der Waals surface area contributed by atoms with E-state index in [1.807, 2.05) is 13.0 Å². The van der Waals surface area contributed by atoms with Crippen molar-refractivity contribution in [1.82, 2.24) is 0 Å². The number of fused-ring (bicyclic) bond motifs is 1. The van der Waals surface area contributed by atoms with Gasteiger partial charge in [-0.3, -0.25) is 19.2 Å². The summed E-state index contributed by atoms with van der Waals surface area (Å²) in [5.41, 5.74) is 1.96. The molecule has 3 atom stereocenters. The number of ether oxygens (including phenoxy) is 1. The van der Waals surface area contributed by atoms with Crippen molar-refractivity contribution in [3.8, 4) is 5.75 Å². The number of halogens is 1. The minimum Gasteiger partial charge on any atom is -0.426 e. The Hall–Kier alpha value is -3.19. The Labute approximate surface area is 202 Å². The van der Waals surface area contributed by atoms with Gasteiger partial charge in [0.15, 0.2) is 0 Å². The van der Waals surface area contributed by atoms with E-state index >= 15 is 0 Å². The number of nitrogens with zero attached hydrogens (tertiary/aromatic N) is 2. The number of imide groups is 1. The maximum atomic E-state index is 12.9. The molecule has 3 amide bonds. The third-order valence-corrected chi connectivity index (χ3v) is 7.47. The molecule has 0 bridgehead atoms. The monoisotopic (exact) mass is 480 g/mol. The molecule has 0 N–H and O–H groups in total. The Balaban J connectivity index is 1.29. The molecule has 1 saturated carbocycles. The van der Waals surface area contributed by atoms with Gasteiger partial charge in [-0.05, 0) is 49.6 Å². The third-order valence-electron chi connectivity index (χ3n) is 7.06. The average molecular weight is 481 g/mol. The van der Waals surface area contributed by atoms with Crippen molar-refractivity contribution in [2.24, 2.45) is 17.8 Å². The second kappa shape index (κ2) is 8.87. The van der Waals surface area contributed by atoms with Crippen LogP contribution >= 0.6 is 11.6 Å². The summed E-state index contributed by atoms with van der Waals surface area (Å²) in [5, 5.41) is 0.555. The number of amides is 3. The number of hydrogen-bond acceptors (Lipinski definition) is 5. The SMILES string of the molecule is Cc1ccc(N2C[C@@H](C(=O)Oc3cccc(N4C(=O)[C@H]5CCCC[C@H]5C4=O)c3)CC2=O)cc1Cl. The fourth-order valence-electron chi connectivity index (χ4n) is 5.17. The van der Waals surface area contributed by atoms with Crippen LogP contribution in [0, 0.1) is 24.7 Å². The molecule has 2 saturated heterocycles. The lowest BCUT2D eigenvalue weighted by Crippen LogP contribution is -2.31. The highest BCUT2D eigenvalue weighted by Crippen LogP contribution is 2.40. The number of rotatable bonds is 4. The van der Waals surface area contributed by atoms with Gasteiger partial charge in [-0.2, -0.15) is 0 Å². The van der Waals surface area contributed by atoms with E-state index in [0.29, 0.717) is 16.4 Å². The second-order valence-electron chi connectivity index (χ2n) is 9.27. The zero-order valence-electron chi connectivity index (χ0n) is 18.8. The zero-order valence-corrected chi connectivity index (χ0v) is 19.6. The normalized spacial score (nSPS) is 24.5. The van der Waals surface area contributed by atoms with Crippen molar-refractivity contribution >= 4 is 46.7 Å². The third kappa shape index (κ3) is 3.98. The van der Waals surface area contributed by atoms with Crippen molar-refractivity contribution in [3.05, 3.63) is 53.1 Å². The number of benzene rings is 2. The second-order valence-corrected chi connectivity index (χ2v) is 9.67. The number of carbonyl (C=O) groups is 4. The van der Waals surface area contributed by atoms with Crippen LogP contribution in [0.2, 0.25) is 5.02 Å². The van der Waals surface area contributed by atoms with Crippen LogP contribution in [0.1, 0.15) is 37.7 Å². The van der Waals surface area contributed by atoms with E-state index in [0.717, 1.165) is 31.2 Å². The molecule has 2 aromatic rings. The lowest BCUT2D eigenvalue weighted by Gasteiger charge is -2.19. The Kier molecular flexibility index (Phi) is 5.90. The van der Waals surface area contributed by atoms with Gasteiger partial charge in [0.1, 0.15) is 5.75 Å². The molecular weight excluding hydrogens is 456 g/mol. The van der Waals surface area contributed by atoms with Gasteiger partial charge in [-0.1, -0.05) is 36.6 Å². The van der Waals surface area contributed by atoms with Crippen LogP contribution in [0.5, 0.6) is 5.75 Å². The summed E-state index contributed by atoms with van der Waals surface area (Å²) in [7, 11) is 0. The topological polar surface area (TPSA) is 84.0 Å². The highest BCUT2D eigenvalue weighted by Gasteiger charge is 2.48. The number of esters is 1. The maximum Gasteiger partial charge on any atom is 0.316 e. The van der Waals surface area contributed by atoms with Crippen LogP contribution < -0.4 is 14.5 Å². The van der Waals surface area contributed by atoms with E-state index < -0.39 is 11.9 Å². The van der Waals surface area contributed by atoms with E-state index in [4.69, 9.17) is 16.3 Å². The van der Waals surface area contributed by atoms with Crippen molar-refractivity contribution in [1.29, 1.82) is 0 Å². The Morgan fingerprint density at radius 1 is 0.971 bits per heavy atom. The highest BCUT2D eigenvalue weighted by atomic mass is 35.5. The Morgan fingerprint density at radius 2 is 1.68 bits per heavy atom. The van der Waals surface area contributed by atoms with Crippen LogP contribution in [-0.2, 0) is 19.2 Å². The smallest absolute Gasteiger partial charge is 0.316 e. The Morgan fingerprint density at radius 3 is 2.35 bits per heavy atom. The zero-order chi connectivity index (χ0) is 24.0. The highest BCUT2D eigenvalue weighted by molar-refractivity contribution is 6.31. The first-order valence-electron chi connectivity index (χ1n) is 11.6. The summed E-state index contributed by atoms with van der Waals surface area (Å²) in [6, 6.07) is 11.8. The summed E-state index contributed by atoms with van der Waals surface area (Å²) in [6.45, 7) is 2.08. The minimum absolute atomic E-state index is 0.0382. The van der Waals surface area contributed by atoms with E-state index in [9.17, 15) is 19.2 Å². The van der Waals surface area contributed by atoms with Crippen molar-refractivity contribution in [2.45, 2.75) is 39.0 Å². The molecule has 0 unspecified atom stereocenters. The average Bonchev–Trinajstić information content (AvgIpc) is 3.34. The molecule has 3 fully saturated rings. The lowest BCUT2D eigenvalue weighted by molar-refractivity contribution is -0.139. The predicted octanol–water partition coefficient (Wildman–Crippen LogP) is 4.29. The summed E-state index contributed by atoms with van der Waals surface area (Å²) in [4.78, 5) is 54.0. The number of aryl methyl sites for hydroxylation is 1. The quantitative estimate of drug-likeness (QED) is 0.370. The predicted molar refractivity (Wildman–Crippen MR) is 127 cm³/mol. The molecule has 2 aliphatic heterocycles. The van der Waals surface area contributed by atoms with Gasteiger partial charge in [-0.25, -0.2) is 4.90 Å². The van der Waals surface area contributed by atoms with Gasteiger partial charge >= 0.3 is 5.97 Å². The molecule has 0 radical (unpaired) electrons. The molecule has 2 aromatic carbocycles. The van der Waals surface area contributed by atoms with Gasteiger partial charge in [0, 0.05) is 29.7 Å². The molecule has 5 rings (SSSR count). The van der Waals surface area contributed by atoms with E-state index in [-0.39, 0.29) is 48.3 Å². The van der Waals surface area contributed by atoms with Crippen LogP contribution in [0.3, 0.4) is 0 Å². The maximum absolute atomic E-state index is 12.9. The molecule has 7 nitrogen and oxygen atoms in total. The fraction of sp³-hybridized carbons (Fsp3) is 0.385. The molecule has 3 aliphatic rings. The van der Waals surface area contributed by atoms with Gasteiger partial charge < -0.3 is 9.64 Å².